The van der Waals surface area contributed by atoms with Gasteiger partial charge in [-0.1, -0.05) is 0 Å². The molecule has 0 fully saturated rings. The number of hydrogen-bond donors (Lipinski definition) is 0. The summed E-state index contributed by atoms with van der Waals surface area (Å²) in [4.78, 5) is 19.4. The number of rotatable bonds is 14. The summed E-state index contributed by atoms with van der Waals surface area (Å²) in [5, 5.41) is 1.62. The molecule has 2 aromatic carbocycles. The molecule has 0 aliphatic rings. The van der Waals surface area contributed by atoms with Gasteiger partial charge >= 0.3 is 226 Å². The Bertz CT molecular complexity index is 1030. The number of nitrogens with zero attached hydrogens (tertiary/aromatic N) is 1. The second kappa shape index (κ2) is 14.4. The topological polar surface area (TPSA) is 39.2 Å². The Balaban J connectivity index is 1.90. The minimum absolute atomic E-state index is 0.0532. The summed E-state index contributed by atoms with van der Waals surface area (Å²) in [6, 6.07) is 17.9. The molecule has 0 bridgehead atoms. The Hall–Kier alpha value is -1.37. The Morgan fingerprint density at radius 1 is 0.857 bits per heavy atom. The molecule has 0 aliphatic carbocycles. The first-order chi connectivity index (χ1) is 17.0. The molecule has 0 saturated carbocycles. The van der Waals surface area contributed by atoms with Crippen molar-refractivity contribution >= 4 is 47.7 Å². The van der Waals surface area contributed by atoms with E-state index in [2.05, 4.69) is 32.9 Å². The van der Waals surface area contributed by atoms with E-state index in [0.717, 1.165) is 59.3 Å². The molecule has 0 amide bonds. The zero-order valence-corrected chi connectivity index (χ0v) is 25.7. The zero-order valence-electron chi connectivity index (χ0n) is 21.3. The number of benzene rings is 2. The van der Waals surface area contributed by atoms with Crippen molar-refractivity contribution in [3.63, 3.8) is 0 Å². The Morgan fingerprint density at radius 2 is 1.43 bits per heavy atom. The van der Waals surface area contributed by atoms with E-state index in [1.165, 1.54) is 19.3 Å². The molecule has 35 heavy (non-hydrogen) atoms. The molecular formula is C29H38ClNO2SSn. The maximum absolute atomic E-state index is 13.5. The second-order valence-corrected chi connectivity index (χ2v) is 22.4. The van der Waals surface area contributed by atoms with Crippen LogP contribution in [0.25, 0.3) is 21.8 Å². The van der Waals surface area contributed by atoms with Crippen LogP contribution in [-0.2, 0) is 14.3 Å². The molecule has 3 aromatic rings. The van der Waals surface area contributed by atoms with Crippen molar-refractivity contribution in [1.82, 2.24) is 4.98 Å². The first kappa shape index (κ1) is 28.2. The van der Waals surface area contributed by atoms with Crippen LogP contribution in [0.1, 0.15) is 64.2 Å². The van der Waals surface area contributed by atoms with Gasteiger partial charge in [0.1, 0.15) is 0 Å². The zero-order chi connectivity index (χ0) is 25.1. The van der Waals surface area contributed by atoms with Gasteiger partial charge in [-0.2, -0.15) is 0 Å². The molecule has 0 atom stereocenters. The van der Waals surface area contributed by atoms with Crippen molar-refractivity contribution < 1.29 is 7.87 Å². The van der Waals surface area contributed by atoms with Gasteiger partial charge < -0.3 is 0 Å². The average Bonchev–Trinajstić information content (AvgIpc) is 3.29. The van der Waals surface area contributed by atoms with Crippen LogP contribution in [0.5, 0.6) is 0 Å². The van der Waals surface area contributed by atoms with Crippen LogP contribution in [0.15, 0.2) is 54.6 Å². The van der Waals surface area contributed by atoms with Gasteiger partial charge in [0.15, 0.2) is 0 Å². The summed E-state index contributed by atoms with van der Waals surface area (Å²) in [5.74, 6) is -0.0532. The van der Waals surface area contributed by atoms with Crippen LogP contribution < -0.4 is 0 Å². The molecule has 0 unspecified atom stereocenters. The fraction of sp³-hybridized carbons (Fsp3) is 0.448. The van der Waals surface area contributed by atoms with Gasteiger partial charge in [0.25, 0.3) is 0 Å². The number of thiazole rings is 1. The van der Waals surface area contributed by atoms with Crippen molar-refractivity contribution in [2.24, 2.45) is 0 Å². The van der Waals surface area contributed by atoms with Gasteiger partial charge in [-0.15, -0.1) is 0 Å². The van der Waals surface area contributed by atoms with Gasteiger partial charge in [0.2, 0.25) is 0 Å². The molecule has 3 rings (SSSR count). The molecule has 0 N–H and O–H groups in total. The third-order valence-electron chi connectivity index (χ3n) is 6.43. The third-order valence-corrected chi connectivity index (χ3v) is 20.5. The average molecular weight is 619 g/mol. The quantitative estimate of drug-likeness (QED) is 0.169. The van der Waals surface area contributed by atoms with Gasteiger partial charge in [0, 0.05) is 0 Å². The molecular weight excluding hydrogens is 581 g/mol. The first-order valence-electron chi connectivity index (χ1n) is 13.0. The molecule has 1 aromatic heterocycles. The standard InChI is InChI=1S/C17H12ClNO2S.3C4H9.Sn/c18-13-8-6-11(7-9-13)16-14(10-15(20)21)22-17(19-16)12-4-2-1-3-5-12;3*1-3-4-2;/h1-9H,10H2,(H,20,21);3*1,3-4H2,2H3;/q;;;;+1/p-1. The number of carbonyl (C=O) groups excluding carboxylic acids is 1. The fourth-order valence-corrected chi connectivity index (χ4v) is 18.8. The Labute approximate surface area is 224 Å². The minimum atomic E-state index is -3.02. The van der Waals surface area contributed by atoms with Crippen LogP contribution in [0, 0.1) is 0 Å². The number of hydrogen-bond acceptors (Lipinski definition) is 4. The monoisotopic (exact) mass is 619 g/mol. The van der Waals surface area contributed by atoms with Crippen LogP contribution in [0.2, 0.25) is 18.3 Å². The summed E-state index contributed by atoms with van der Waals surface area (Å²) in [7, 11) is 0. The Morgan fingerprint density at radius 3 is 1.97 bits per heavy atom. The summed E-state index contributed by atoms with van der Waals surface area (Å²) in [6.45, 7) is 6.71. The predicted molar refractivity (Wildman–Crippen MR) is 153 cm³/mol. The molecule has 1 heterocycles. The van der Waals surface area contributed by atoms with Gasteiger partial charge in [-0.05, 0) is 0 Å². The van der Waals surface area contributed by atoms with E-state index in [0.29, 0.717) is 5.02 Å². The van der Waals surface area contributed by atoms with E-state index in [4.69, 9.17) is 19.7 Å². The summed E-state index contributed by atoms with van der Waals surface area (Å²) < 4.78 is 10.1. The summed E-state index contributed by atoms with van der Waals surface area (Å²) in [6.07, 6.45) is 7.27. The molecule has 0 radical (unpaired) electrons. The van der Waals surface area contributed by atoms with Crippen LogP contribution >= 0.6 is 22.9 Å². The van der Waals surface area contributed by atoms with Crippen molar-refractivity contribution in [3.8, 4) is 21.8 Å². The van der Waals surface area contributed by atoms with Crippen molar-refractivity contribution in [3.05, 3.63) is 64.5 Å². The van der Waals surface area contributed by atoms with Crippen molar-refractivity contribution in [2.45, 2.75) is 79.0 Å². The number of unbranched alkanes of at least 4 members (excludes halogenated alkanes) is 3. The van der Waals surface area contributed by atoms with Gasteiger partial charge in [0.05, 0.1) is 0 Å². The molecule has 3 nitrogen and oxygen atoms in total. The molecule has 0 spiro atoms. The van der Waals surface area contributed by atoms with E-state index in [1.54, 1.807) is 11.3 Å². The normalized spacial score (nSPS) is 11.5. The van der Waals surface area contributed by atoms with Gasteiger partial charge in [-0.25, -0.2) is 0 Å². The van der Waals surface area contributed by atoms with E-state index >= 15 is 0 Å². The van der Waals surface area contributed by atoms with E-state index < -0.39 is 18.8 Å². The predicted octanol–water partition coefficient (Wildman–Crippen LogP) is 9.56. The second-order valence-electron chi connectivity index (χ2n) is 9.31. The molecule has 0 saturated heterocycles. The van der Waals surface area contributed by atoms with Crippen LogP contribution in [-0.4, -0.2) is 29.7 Å². The first-order valence-corrected chi connectivity index (χ1v) is 21.4. The van der Waals surface area contributed by atoms with E-state index in [9.17, 15) is 4.79 Å². The SMILES string of the molecule is CCC[CH2][Sn]([CH2]CCC)([CH2]CCC)[O]C(=O)Cc1sc(-c2ccccc2)nc1-c1ccc(Cl)cc1. The van der Waals surface area contributed by atoms with Crippen molar-refractivity contribution in [1.29, 1.82) is 0 Å². The maximum atomic E-state index is 13.5. The third kappa shape index (κ3) is 8.33. The number of halogens is 1. The van der Waals surface area contributed by atoms with E-state index in [1.807, 2.05) is 42.5 Å². The molecule has 6 heteroatoms. The van der Waals surface area contributed by atoms with E-state index in [-0.39, 0.29) is 12.4 Å². The molecule has 0 aliphatic heterocycles. The summed E-state index contributed by atoms with van der Waals surface area (Å²) in [5.41, 5.74) is 2.90. The molecule has 188 valence electrons. The fourth-order valence-electron chi connectivity index (χ4n) is 4.44. The number of carbonyl (C=O) groups is 1. The van der Waals surface area contributed by atoms with Crippen LogP contribution in [0.4, 0.5) is 0 Å². The van der Waals surface area contributed by atoms with Gasteiger partial charge in [-0.3, -0.25) is 0 Å². The van der Waals surface area contributed by atoms with Crippen LogP contribution in [0.3, 0.4) is 0 Å². The summed E-state index contributed by atoms with van der Waals surface area (Å²) >= 11 is 4.71. The van der Waals surface area contributed by atoms with Crippen molar-refractivity contribution in [2.75, 3.05) is 0 Å². The Kier molecular flexibility index (Phi) is 11.6. The number of aromatic nitrogens is 1.